The van der Waals surface area contributed by atoms with Crippen molar-refractivity contribution in [2.24, 2.45) is 23.2 Å². The van der Waals surface area contributed by atoms with Gasteiger partial charge in [0.1, 0.15) is 5.65 Å². The van der Waals surface area contributed by atoms with Crippen LogP contribution in [0.4, 0.5) is 10.2 Å². The number of nitrogens with one attached hydrogen (secondary N) is 2. The second-order valence-electron chi connectivity index (χ2n) is 10.5. The molecule has 0 amide bonds. The molecular formula is C25H29ClFN5O2. The number of nitrogens with zero attached hydrogens (tertiary/aromatic N) is 3. The molecule has 0 aliphatic heterocycles. The van der Waals surface area contributed by atoms with Crippen LogP contribution in [0.15, 0.2) is 24.7 Å². The van der Waals surface area contributed by atoms with Crippen LogP contribution in [0, 0.1) is 29.0 Å². The van der Waals surface area contributed by atoms with E-state index in [0.717, 1.165) is 30.8 Å². The van der Waals surface area contributed by atoms with Crippen molar-refractivity contribution in [1.82, 2.24) is 19.9 Å². The number of hydrogen-bond acceptors (Lipinski definition) is 5. The lowest BCUT2D eigenvalue weighted by molar-refractivity contribution is -0.138. The first kappa shape index (κ1) is 23.0. The van der Waals surface area contributed by atoms with Gasteiger partial charge in [0.25, 0.3) is 0 Å². The van der Waals surface area contributed by atoms with Gasteiger partial charge in [0.05, 0.1) is 17.6 Å². The molecule has 3 atom stereocenters. The molecule has 180 valence electrons. The monoisotopic (exact) mass is 485 g/mol. The number of H-pyrrole nitrogens is 1. The quantitative estimate of drug-likeness (QED) is 0.400. The number of pyridine rings is 1. The maximum atomic E-state index is 15.0. The summed E-state index contributed by atoms with van der Waals surface area (Å²) in [6.07, 6.45) is 9.50. The lowest BCUT2D eigenvalue weighted by atomic mass is 9.54. The maximum Gasteiger partial charge on any atom is 0.305 e. The molecule has 0 aromatic carbocycles. The molecule has 2 aliphatic rings. The number of carboxylic acid groups (broad SMARTS) is 1. The van der Waals surface area contributed by atoms with Crippen LogP contribution in [-0.2, 0) is 4.79 Å². The first-order valence-corrected chi connectivity index (χ1v) is 12.2. The molecule has 7 nitrogen and oxygen atoms in total. The molecule has 9 heteroatoms. The fourth-order valence-electron chi connectivity index (χ4n) is 6.73. The predicted octanol–water partition coefficient (Wildman–Crippen LogP) is 5.92. The lowest BCUT2D eigenvalue weighted by Gasteiger charge is -2.53. The van der Waals surface area contributed by atoms with E-state index in [-0.39, 0.29) is 17.7 Å². The maximum absolute atomic E-state index is 15.0. The Labute approximate surface area is 202 Å². The average molecular weight is 486 g/mol. The second-order valence-corrected chi connectivity index (χ2v) is 10.9. The third-order valence-electron chi connectivity index (χ3n) is 7.59. The SMILES string of the molecule is CC1CC2CC(C)CC(C(CC(=O)O)Nc3nc(-c4c[nH]c5ncc(Cl)cc45)ncc3F)(C1)C2. The molecule has 3 aromatic rings. The van der Waals surface area contributed by atoms with Crippen molar-refractivity contribution in [3.05, 3.63) is 35.5 Å². The fourth-order valence-corrected chi connectivity index (χ4v) is 6.89. The summed E-state index contributed by atoms with van der Waals surface area (Å²) in [6, 6.07) is 1.34. The Morgan fingerprint density at radius 1 is 1.26 bits per heavy atom. The summed E-state index contributed by atoms with van der Waals surface area (Å²) in [5.74, 6) is 0.459. The number of aromatic nitrogens is 4. The highest BCUT2D eigenvalue weighted by Gasteiger charge is 2.49. The summed E-state index contributed by atoms with van der Waals surface area (Å²) in [4.78, 5) is 27.9. The Balaban J connectivity index is 1.52. The molecule has 2 bridgehead atoms. The average Bonchev–Trinajstić information content (AvgIpc) is 3.16. The van der Waals surface area contributed by atoms with E-state index < -0.39 is 17.8 Å². The third kappa shape index (κ3) is 4.35. The third-order valence-corrected chi connectivity index (χ3v) is 7.79. The number of halogens is 2. The van der Waals surface area contributed by atoms with Crippen molar-refractivity contribution in [3.63, 3.8) is 0 Å². The fraction of sp³-hybridized carbons (Fsp3) is 0.520. The zero-order chi connectivity index (χ0) is 24.0. The molecule has 3 N–H and O–H groups in total. The highest BCUT2D eigenvalue weighted by molar-refractivity contribution is 6.31. The van der Waals surface area contributed by atoms with E-state index in [0.29, 0.717) is 39.8 Å². The van der Waals surface area contributed by atoms with Crippen LogP contribution < -0.4 is 5.32 Å². The smallest absolute Gasteiger partial charge is 0.305 e. The number of aliphatic carboxylic acids is 1. The minimum atomic E-state index is -0.896. The summed E-state index contributed by atoms with van der Waals surface area (Å²) in [5, 5.41) is 14.2. The van der Waals surface area contributed by atoms with Crippen LogP contribution in [0.3, 0.4) is 0 Å². The van der Waals surface area contributed by atoms with Gasteiger partial charge in [-0.2, -0.15) is 0 Å². The van der Waals surface area contributed by atoms with Gasteiger partial charge in [0.15, 0.2) is 17.5 Å². The zero-order valence-electron chi connectivity index (χ0n) is 19.3. The van der Waals surface area contributed by atoms with Crippen LogP contribution in [0.5, 0.6) is 0 Å². The number of fused-ring (bicyclic) bond motifs is 3. The number of rotatable bonds is 6. The molecule has 3 aromatic heterocycles. The van der Waals surface area contributed by atoms with Crippen molar-refractivity contribution in [3.8, 4) is 11.4 Å². The van der Waals surface area contributed by atoms with Gasteiger partial charge in [0.2, 0.25) is 0 Å². The van der Waals surface area contributed by atoms with Crippen LogP contribution in [-0.4, -0.2) is 37.1 Å². The predicted molar refractivity (Wildman–Crippen MR) is 129 cm³/mol. The van der Waals surface area contributed by atoms with Gasteiger partial charge >= 0.3 is 5.97 Å². The van der Waals surface area contributed by atoms with E-state index in [1.807, 2.05) is 0 Å². The molecule has 3 heterocycles. The Hall–Kier alpha value is -2.74. The van der Waals surface area contributed by atoms with Crippen molar-refractivity contribution in [2.75, 3.05) is 5.32 Å². The molecule has 2 aliphatic carbocycles. The van der Waals surface area contributed by atoms with Crippen molar-refractivity contribution >= 4 is 34.4 Å². The number of anilines is 1. The molecule has 5 rings (SSSR count). The van der Waals surface area contributed by atoms with Crippen molar-refractivity contribution < 1.29 is 14.3 Å². The molecule has 0 saturated heterocycles. The van der Waals surface area contributed by atoms with Crippen LogP contribution in [0.2, 0.25) is 5.02 Å². The number of carbonyl (C=O) groups is 1. The van der Waals surface area contributed by atoms with Crippen LogP contribution in [0.25, 0.3) is 22.4 Å². The summed E-state index contributed by atoms with van der Waals surface area (Å²) in [5.41, 5.74) is 1.08. The highest BCUT2D eigenvalue weighted by Crippen LogP contribution is 2.55. The first-order valence-electron chi connectivity index (χ1n) is 11.9. The molecule has 0 spiro atoms. The molecule has 2 saturated carbocycles. The summed E-state index contributed by atoms with van der Waals surface area (Å²) in [7, 11) is 0. The van der Waals surface area contributed by atoms with E-state index in [4.69, 9.17) is 11.6 Å². The standard InChI is InChI=1S/C25H29ClFN5O2/c1-13-3-15-4-14(2)8-25(7-13,9-15)20(6-21(33)34)31-24-19(27)12-30-23(32-24)18-11-29-22-17(18)5-16(26)10-28-22/h5,10-15,20H,3-4,6-9H2,1-2H3,(H,28,29)(H,33,34)(H,30,31,32). The van der Waals surface area contributed by atoms with Crippen LogP contribution >= 0.6 is 11.6 Å². The minimum Gasteiger partial charge on any atom is -0.481 e. The van der Waals surface area contributed by atoms with Crippen LogP contribution in [0.1, 0.15) is 52.4 Å². The van der Waals surface area contributed by atoms with E-state index in [1.165, 1.54) is 12.8 Å². The molecule has 2 fully saturated rings. The Morgan fingerprint density at radius 2 is 2.00 bits per heavy atom. The highest BCUT2D eigenvalue weighted by atomic mass is 35.5. The van der Waals surface area contributed by atoms with Gasteiger partial charge in [-0.05, 0) is 61.3 Å². The van der Waals surface area contributed by atoms with Crippen molar-refractivity contribution in [1.29, 1.82) is 0 Å². The van der Waals surface area contributed by atoms with E-state index in [1.54, 1.807) is 18.5 Å². The van der Waals surface area contributed by atoms with E-state index in [9.17, 15) is 14.3 Å². The van der Waals surface area contributed by atoms with Gasteiger partial charge in [0, 0.05) is 29.4 Å². The topological polar surface area (TPSA) is 104 Å². The Bertz CT molecular complexity index is 1210. The van der Waals surface area contributed by atoms with Gasteiger partial charge in [-0.3, -0.25) is 4.79 Å². The zero-order valence-corrected chi connectivity index (χ0v) is 20.1. The molecule has 0 radical (unpaired) electrons. The number of hydrogen-bond donors (Lipinski definition) is 3. The van der Waals surface area contributed by atoms with Crippen molar-refractivity contribution in [2.45, 2.75) is 58.4 Å². The molecule has 3 unspecified atom stereocenters. The number of aromatic amines is 1. The minimum absolute atomic E-state index is 0.0305. The Morgan fingerprint density at radius 3 is 2.71 bits per heavy atom. The van der Waals surface area contributed by atoms with E-state index >= 15 is 0 Å². The molecular weight excluding hydrogens is 457 g/mol. The van der Waals surface area contributed by atoms with Gasteiger partial charge in [-0.15, -0.1) is 0 Å². The van der Waals surface area contributed by atoms with Gasteiger partial charge < -0.3 is 15.4 Å². The summed E-state index contributed by atoms with van der Waals surface area (Å²) >= 11 is 6.12. The second kappa shape index (κ2) is 8.80. The lowest BCUT2D eigenvalue weighted by Crippen LogP contribution is -2.50. The Kier molecular flexibility index (Phi) is 5.96. The largest absolute Gasteiger partial charge is 0.481 e. The summed E-state index contributed by atoms with van der Waals surface area (Å²) < 4.78 is 15.0. The van der Waals surface area contributed by atoms with E-state index in [2.05, 4.69) is 39.1 Å². The normalized spacial score (nSPS) is 27.5. The molecule has 34 heavy (non-hydrogen) atoms. The number of carboxylic acids is 1. The summed E-state index contributed by atoms with van der Waals surface area (Å²) in [6.45, 7) is 4.49. The first-order chi connectivity index (χ1) is 16.2. The van der Waals surface area contributed by atoms with Gasteiger partial charge in [-0.1, -0.05) is 25.4 Å². The van der Waals surface area contributed by atoms with Gasteiger partial charge in [-0.25, -0.2) is 19.3 Å².